The third kappa shape index (κ3) is 5.82. The minimum atomic E-state index is -2.81. The average Bonchev–Trinajstić information content (AvgIpc) is 2.43. The van der Waals surface area contributed by atoms with Crippen LogP contribution in [0.4, 0.5) is 0 Å². The number of hydrogen-bond donors (Lipinski definition) is 1. The average molecular weight is 289 g/mol. The second-order valence-corrected chi connectivity index (χ2v) is 8.41. The van der Waals surface area contributed by atoms with Crippen molar-refractivity contribution in [1.29, 1.82) is 0 Å². The normalized spacial score (nSPS) is 28.5. The SMILES string of the molecule is CCNCC1CCC(CC)CC1CCS(=O)(=O)CC. The van der Waals surface area contributed by atoms with Crippen molar-refractivity contribution in [2.45, 2.75) is 52.9 Å². The summed E-state index contributed by atoms with van der Waals surface area (Å²) in [6, 6.07) is 0. The molecule has 4 heteroatoms. The lowest BCUT2D eigenvalue weighted by Gasteiger charge is -2.36. The predicted octanol–water partition coefficient (Wildman–Crippen LogP) is 2.86. The van der Waals surface area contributed by atoms with Crippen molar-refractivity contribution in [2.75, 3.05) is 24.6 Å². The Morgan fingerprint density at radius 1 is 1.11 bits per heavy atom. The number of rotatable bonds is 8. The van der Waals surface area contributed by atoms with Crippen LogP contribution in [0.1, 0.15) is 52.9 Å². The Hall–Kier alpha value is -0.0900. The van der Waals surface area contributed by atoms with Crippen molar-refractivity contribution >= 4 is 9.84 Å². The van der Waals surface area contributed by atoms with E-state index in [0.717, 1.165) is 25.4 Å². The van der Waals surface area contributed by atoms with E-state index in [9.17, 15) is 8.42 Å². The van der Waals surface area contributed by atoms with Gasteiger partial charge in [-0.05, 0) is 50.1 Å². The van der Waals surface area contributed by atoms with Gasteiger partial charge in [0.1, 0.15) is 9.84 Å². The Balaban J connectivity index is 2.55. The highest BCUT2D eigenvalue weighted by Crippen LogP contribution is 2.37. The molecule has 1 N–H and O–H groups in total. The van der Waals surface area contributed by atoms with Crippen molar-refractivity contribution in [3.05, 3.63) is 0 Å². The van der Waals surface area contributed by atoms with E-state index in [0.29, 0.717) is 17.6 Å². The molecule has 114 valence electrons. The highest BCUT2D eigenvalue weighted by Gasteiger charge is 2.30. The lowest BCUT2D eigenvalue weighted by Crippen LogP contribution is -2.34. The molecular formula is C15H31NO2S. The number of sulfone groups is 1. The summed E-state index contributed by atoms with van der Waals surface area (Å²) in [5.41, 5.74) is 0. The summed E-state index contributed by atoms with van der Waals surface area (Å²) >= 11 is 0. The number of hydrogen-bond acceptors (Lipinski definition) is 3. The molecule has 0 heterocycles. The van der Waals surface area contributed by atoms with Crippen LogP contribution in [-0.2, 0) is 9.84 Å². The Bertz CT molecular complexity index is 340. The maximum absolute atomic E-state index is 11.7. The zero-order chi connectivity index (χ0) is 14.3. The van der Waals surface area contributed by atoms with Crippen molar-refractivity contribution in [3.8, 4) is 0 Å². The molecular weight excluding hydrogens is 258 g/mol. The van der Waals surface area contributed by atoms with Crippen LogP contribution >= 0.6 is 0 Å². The Labute approximate surface area is 119 Å². The molecule has 1 saturated carbocycles. The van der Waals surface area contributed by atoms with Gasteiger partial charge in [0.15, 0.2) is 0 Å². The molecule has 1 aliphatic carbocycles. The van der Waals surface area contributed by atoms with Crippen LogP contribution in [0.15, 0.2) is 0 Å². The first-order chi connectivity index (χ1) is 9.02. The molecule has 0 aromatic rings. The van der Waals surface area contributed by atoms with Gasteiger partial charge in [-0.25, -0.2) is 8.42 Å². The molecule has 0 spiro atoms. The summed E-state index contributed by atoms with van der Waals surface area (Å²) in [4.78, 5) is 0. The van der Waals surface area contributed by atoms with Crippen molar-refractivity contribution in [3.63, 3.8) is 0 Å². The fraction of sp³-hybridized carbons (Fsp3) is 1.00. The highest BCUT2D eigenvalue weighted by molar-refractivity contribution is 7.91. The van der Waals surface area contributed by atoms with Crippen molar-refractivity contribution in [2.24, 2.45) is 17.8 Å². The topological polar surface area (TPSA) is 46.2 Å². The van der Waals surface area contributed by atoms with Crippen LogP contribution in [0, 0.1) is 17.8 Å². The summed E-state index contributed by atoms with van der Waals surface area (Å²) in [7, 11) is -2.81. The highest BCUT2D eigenvalue weighted by atomic mass is 32.2. The minimum Gasteiger partial charge on any atom is -0.317 e. The molecule has 3 nitrogen and oxygen atoms in total. The van der Waals surface area contributed by atoms with Gasteiger partial charge in [0.2, 0.25) is 0 Å². The molecule has 0 bridgehead atoms. The minimum absolute atomic E-state index is 0.287. The van der Waals surface area contributed by atoms with Crippen LogP contribution in [0.5, 0.6) is 0 Å². The van der Waals surface area contributed by atoms with Gasteiger partial charge in [-0.3, -0.25) is 0 Å². The van der Waals surface area contributed by atoms with Gasteiger partial charge in [-0.2, -0.15) is 0 Å². The zero-order valence-electron chi connectivity index (χ0n) is 12.8. The van der Waals surface area contributed by atoms with E-state index in [1.54, 1.807) is 6.92 Å². The molecule has 1 aliphatic rings. The first-order valence-electron chi connectivity index (χ1n) is 7.93. The van der Waals surface area contributed by atoms with Crippen molar-refractivity contribution < 1.29 is 8.42 Å². The van der Waals surface area contributed by atoms with Gasteiger partial charge in [-0.15, -0.1) is 0 Å². The Morgan fingerprint density at radius 3 is 2.42 bits per heavy atom. The molecule has 0 radical (unpaired) electrons. The molecule has 0 aromatic carbocycles. The fourth-order valence-electron chi connectivity index (χ4n) is 3.22. The third-order valence-corrected chi connectivity index (χ3v) is 6.46. The van der Waals surface area contributed by atoms with Gasteiger partial charge in [-0.1, -0.05) is 33.6 Å². The first kappa shape index (κ1) is 17.0. The second-order valence-electron chi connectivity index (χ2n) is 5.94. The summed E-state index contributed by atoms with van der Waals surface area (Å²) in [5.74, 6) is 2.75. The fourth-order valence-corrected chi connectivity index (χ4v) is 4.17. The largest absolute Gasteiger partial charge is 0.317 e. The lowest BCUT2D eigenvalue weighted by molar-refractivity contribution is 0.169. The number of nitrogens with one attached hydrogen (secondary N) is 1. The van der Waals surface area contributed by atoms with E-state index >= 15 is 0 Å². The van der Waals surface area contributed by atoms with E-state index in [2.05, 4.69) is 19.2 Å². The molecule has 3 atom stereocenters. The maximum atomic E-state index is 11.7. The predicted molar refractivity (Wildman–Crippen MR) is 82.1 cm³/mol. The van der Waals surface area contributed by atoms with E-state index in [1.165, 1.54) is 25.7 Å². The molecule has 0 aromatic heterocycles. The quantitative estimate of drug-likeness (QED) is 0.747. The Kier molecular flexibility index (Phi) is 7.37. The summed E-state index contributed by atoms with van der Waals surface area (Å²) in [6.45, 7) is 8.21. The second kappa shape index (κ2) is 8.25. The van der Waals surface area contributed by atoms with Gasteiger partial charge in [0.25, 0.3) is 0 Å². The van der Waals surface area contributed by atoms with Crippen LogP contribution in [0.25, 0.3) is 0 Å². The van der Waals surface area contributed by atoms with Crippen LogP contribution < -0.4 is 5.32 Å². The summed E-state index contributed by atoms with van der Waals surface area (Å²) < 4.78 is 23.4. The standard InChI is InChI=1S/C15H31NO2S/c1-4-13-7-8-15(12-16-5-2)14(11-13)9-10-19(17,18)6-3/h13-16H,4-12H2,1-3H3. The summed E-state index contributed by atoms with van der Waals surface area (Å²) in [6.07, 6.45) is 5.92. The van der Waals surface area contributed by atoms with Gasteiger partial charge in [0.05, 0.1) is 5.75 Å². The van der Waals surface area contributed by atoms with E-state index in [1.807, 2.05) is 0 Å². The van der Waals surface area contributed by atoms with Crippen molar-refractivity contribution in [1.82, 2.24) is 5.32 Å². The molecule has 19 heavy (non-hydrogen) atoms. The smallest absolute Gasteiger partial charge is 0.150 e. The van der Waals surface area contributed by atoms with Crippen LogP contribution in [0.2, 0.25) is 0 Å². The van der Waals surface area contributed by atoms with Crippen LogP contribution in [-0.4, -0.2) is 33.0 Å². The third-order valence-electron chi connectivity index (χ3n) is 4.72. The Morgan fingerprint density at radius 2 is 1.84 bits per heavy atom. The molecule has 0 amide bonds. The van der Waals surface area contributed by atoms with Gasteiger partial charge >= 0.3 is 0 Å². The van der Waals surface area contributed by atoms with E-state index < -0.39 is 9.84 Å². The monoisotopic (exact) mass is 289 g/mol. The molecule has 0 aliphatic heterocycles. The molecule has 1 rings (SSSR count). The molecule has 0 saturated heterocycles. The van der Waals surface area contributed by atoms with Crippen LogP contribution in [0.3, 0.4) is 0 Å². The maximum Gasteiger partial charge on any atom is 0.150 e. The van der Waals surface area contributed by atoms with Gasteiger partial charge in [0, 0.05) is 5.75 Å². The van der Waals surface area contributed by atoms with E-state index in [4.69, 9.17) is 0 Å². The summed E-state index contributed by atoms with van der Waals surface area (Å²) in [5, 5.41) is 3.44. The molecule has 1 fully saturated rings. The zero-order valence-corrected chi connectivity index (χ0v) is 13.6. The van der Waals surface area contributed by atoms with Gasteiger partial charge < -0.3 is 5.32 Å². The molecule has 3 unspecified atom stereocenters. The van der Waals surface area contributed by atoms with E-state index in [-0.39, 0.29) is 5.75 Å². The first-order valence-corrected chi connectivity index (χ1v) is 9.75. The lowest BCUT2D eigenvalue weighted by atomic mass is 9.72.